The highest BCUT2D eigenvalue weighted by Gasteiger charge is 2.31. The van der Waals surface area contributed by atoms with Gasteiger partial charge >= 0.3 is 0 Å². The maximum absolute atomic E-state index is 6.03. The molecule has 4 heterocycles. The van der Waals surface area contributed by atoms with Crippen LogP contribution >= 0.6 is 0 Å². The van der Waals surface area contributed by atoms with Gasteiger partial charge in [-0.15, -0.1) is 0 Å². The van der Waals surface area contributed by atoms with Crippen LogP contribution < -0.4 is 10.1 Å². The molecule has 0 amide bonds. The van der Waals surface area contributed by atoms with E-state index < -0.39 is 0 Å². The molecule has 1 N–H and O–H groups in total. The molecule has 1 aromatic carbocycles. The Balaban J connectivity index is 1.32. The molecule has 154 valence electrons. The van der Waals surface area contributed by atoms with Crippen molar-refractivity contribution in [3.63, 3.8) is 0 Å². The smallest absolute Gasteiger partial charge is 0.150 e. The summed E-state index contributed by atoms with van der Waals surface area (Å²) in [6.07, 6.45) is 8.65. The SMILES string of the molecule is CC1(C)Cc2cc(CN3CCC[C@@H]3c3cncc(Nc4ccccn4)n3)ccc2O1. The molecule has 1 fully saturated rings. The maximum Gasteiger partial charge on any atom is 0.150 e. The Labute approximate surface area is 177 Å². The maximum atomic E-state index is 6.03. The summed E-state index contributed by atoms with van der Waals surface area (Å²) in [4.78, 5) is 16.1. The van der Waals surface area contributed by atoms with Crippen molar-refractivity contribution in [3.8, 4) is 5.75 Å². The molecule has 0 spiro atoms. The first-order chi connectivity index (χ1) is 14.6. The van der Waals surface area contributed by atoms with Gasteiger partial charge in [0.25, 0.3) is 0 Å². The van der Waals surface area contributed by atoms with Gasteiger partial charge in [-0.3, -0.25) is 9.88 Å². The zero-order valence-corrected chi connectivity index (χ0v) is 17.5. The molecule has 6 heteroatoms. The predicted octanol–water partition coefficient (Wildman–Crippen LogP) is 4.67. The molecule has 1 atom stereocenters. The molecule has 1 saturated heterocycles. The van der Waals surface area contributed by atoms with E-state index in [9.17, 15) is 0 Å². The van der Waals surface area contributed by atoms with Gasteiger partial charge in [0.05, 0.1) is 24.1 Å². The lowest BCUT2D eigenvalue weighted by molar-refractivity contribution is 0.138. The number of anilines is 2. The van der Waals surface area contributed by atoms with Crippen LogP contribution in [-0.4, -0.2) is 32.0 Å². The first-order valence-electron chi connectivity index (χ1n) is 10.6. The van der Waals surface area contributed by atoms with Crippen LogP contribution in [0.1, 0.15) is 49.6 Å². The second-order valence-corrected chi connectivity index (χ2v) is 8.78. The first kappa shape index (κ1) is 19.0. The van der Waals surface area contributed by atoms with Crippen LogP contribution in [-0.2, 0) is 13.0 Å². The fourth-order valence-corrected chi connectivity index (χ4v) is 4.52. The van der Waals surface area contributed by atoms with Crippen molar-refractivity contribution in [2.45, 2.75) is 51.3 Å². The minimum absolute atomic E-state index is 0.103. The van der Waals surface area contributed by atoms with Crippen molar-refractivity contribution in [2.75, 3.05) is 11.9 Å². The summed E-state index contributed by atoms with van der Waals surface area (Å²) in [5, 5.41) is 3.25. The Bertz CT molecular complexity index is 1040. The Hall–Kier alpha value is -2.99. The van der Waals surface area contributed by atoms with E-state index in [1.807, 2.05) is 24.4 Å². The molecule has 0 radical (unpaired) electrons. The van der Waals surface area contributed by atoms with Crippen molar-refractivity contribution in [1.82, 2.24) is 19.9 Å². The molecule has 0 aliphatic carbocycles. The standard InChI is InChI=1S/C24H27N5O/c1-24(2)13-18-12-17(8-9-21(18)30-24)16-29-11-5-6-20(29)19-14-25-15-23(27-19)28-22-7-3-4-10-26-22/h3-4,7-10,12,14-15,20H,5-6,11,13,16H2,1-2H3,(H,26,27,28)/t20-/m1/s1. The van der Waals surface area contributed by atoms with Crippen LogP contribution in [0, 0.1) is 0 Å². The fourth-order valence-electron chi connectivity index (χ4n) is 4.52. The highest BCUT2D eigenvalue weighted by Crippen LogP contribution is 2.37. The zero-order valence-electron chi connectivity index (χ0n) is 17.5. The van der Waals surface area contributed by atoms with Crippen molar-refractivity contribution in [2.24, 2.45) is 0 Å². The Kier molecular flexibility index (Phi) is 4.87. The fraction of sp³-hybridized carbons (Fsp3) is 0.375. The summed E-state index contributed by atoms with van der Waals surface area (Å²) < 4.78 is 6.03. The summed E-state index contributed by atoms with van der Waals surface area (Å²) in [6, 6.07) is 12.7. The summed E-state index contributed by atoms with van der Waals surface area (Å²) in [5.74, 6) is 2.53. The summed E-state index contributed by atoms with van der Waals surface area (Å²) in [7, 11) is 0. The van der Waals surface area contributed by atoms with Crippen LogP contribution in [0.15, 0.2) is 55.0 Å². The van der Waals surface area contributed by atoms with E-state index in [4.69, 9.17) is 9.72 Å². The second-order valence-electron chi connectivity index (χ2n) is 8.78. The number of aromatic nitrogens is 3. The number of rotatable bonds is 5. The van der Waals surface area contributed by atoms with Crippen molar-refractivity contribution < 1.29 is 4.74 Å². The second kappa shape index (κ2) is 7.69. The highest BCUT2D eigenvalue weighted by atomic mass is 16.5. The van der Waals surface area contributed by atoms with Gasteiger partial charge in [-0.2, -0.15) is 0 Å². The number of hydrogen-bond acceptors (Lipinski definition) is 6. The number of ether oxygens (including phenoxy) is 1. The van der Waals surface area contributed by atoms with Gasteiger partial charge in [-0.1, -0.05) is 18.2 Å². The molecule has 3 aromatic rings. The van der Waals surface area contributed by atoms with E-state index in [1.165, 1.54) is 17.5 Å². The molecule has 0 unspecified atom stereocenters. The molecule has 2 aliphatic rings. The van der Waals surface area contributed by atoms with E-state index in [2.05, 4.69) is 52.2 Å². The third-order valence-corrected chi connectivity index (χ3v) is 5.79. The minimum Gasteiger partial charge on any atom is -0.487 e. The Morgan fingerprint density at radius 2 is 2.10 bits per heavy atom. The van der Waals surface area contributed by atoms with Crippen LogP contribution in [0.25, 0.3) is 0 Å². The molecule has 2 aliphatic heterocycles. The van der Waals surface area contributed by atoms with Crippen molar-refractivity contribution >= 4 is 11.6 Å². The van der Waals surface area contributed by atoms with Crippen molar-refractivity contribution in [3.05, 3.63) is 71.8 Å². The lowest BCUT2D eigenvalue weighted by Crippen LogP contribution is -2.24. The molecular formula is C24H27N5O. The van der Waals surface area contributed by atoms with Crippen LogP contribution in [0.5, 0.6) is 5.75 Å². The van der Waals surface area contributed by atoms with Gasteiger partial charge in [0, 0.05) is 19.2 Å². The normalized spacial score (nSPS) is 20.0. The van der Waals surface area contributed by atoms with E-state index in [0.717, 1.165) is 49.0 Å². The van der Waals surface area contributed by atoms with Crippen LogP contribution in [0.3, 0.4) is 0 Å². The molecule has 5 rings (SSSR count). The largest absolute Gasteiger partial charge is 0.487 e. The highest BCUT2D eigenvalue weighted by molar-refractivity contribution is 5.50. The monoisotopic (exact) mass is 401 g/mol. The Morgan fingerprint density at radius 1 is 1.17 bits per heavy atom. The van der Waals surface area contributed by atoms with Gasteiger partial charge in [-0.05, 0) is 62.6 Å². The van der Waals surface area contributed by atoms with Gasteiger partial charge < -0.3 is 10.1 Å². The van der Waals surface area contributed by atoms with Crippen molar-refractivity contribution in [1.29, 1.82) is 0 Å². The Morgan fingerprint density at radius 3 is 2.97 bits per heavy atom. The van der Waals surface area contributed by atoms with Gasteiger partial charge in [-0.25, -0.2) is 9.97 Å². The van der Waals surface area contributed by atoms with E-state index in [1.54, 1.807) is 12.4 Å². The minimum atomic E-state index is -0.103. The van der Waals surface area contributed by atoms with Gasteiger partial charge in [0.1, 0.15) is 23.0 Å². The third-order valence-electron chi connectivity index (χ3n) is 5.79. The van der Waals surface area contributed by atoms with Gasteiger partial charge in [0.2, 0.25) is 0 Å². The topological polar surface area (TPSA) is 63.2 Å². The van der Waals surface area contributed by atoms with E-state index in [0.29, 0.717) is 0 Å². The van der Waals surface area contributed by atoms with E-state index in [-0.39, 0.29) is 11.6 Å². The molecular weight excluding hydrogens is 374 g/mol. The molecule has 30 heavy (non-hydrogen) atoms. The van der Waals surface area contributed by atoms with Crippen LogP contribution in [0.2, 0.25) is 0 Å². The molecule has 0 saturated carbocycles. The van der Waals surface area contributed by atoms with E-state index >= 15 is 0 Å². The summed E-state index contributed by atoms with van der Waals surface area (Å²) in [6.45, 7) is 6.28. The number of likely N-dealkylation sites (tertiary alicyclic amines) is 1. The molecule has 0 bridgehead atoms. The predicted molar refractivity (Wildman–Crippen MR) is 117 cm³/mol. The summed E-state index contributed by atoms with van der Waals surface area (Å²) in [5.41, 5.74) is 3.56. The number of nitrogens with zero attached hydrogens (tertiary/aromatic N) is 4. The number of benzene rings is 1. The zero-order chi connectivity index (χ0) is 20.6. The quantitative estimate of drug-likeness (QED) is 0.671. The van der Waals surface area contributed by atoms with Gasteiger partial charge in [0.15, 0.2) is 0 Å². The average Bonchev–Trinajstić information content (AvgIpc) is 3.31. The molecule has 6 nitrogen and oxygen atoms in total. The third kappa shape index (κ3) is 4.00. The lowest BCUT2D eigenvalue weighted by atomic mass is 10.00. The summed E-state index contributed by atoms with van der Waals surface area (Å²) >= 11 is 0. The number of pyridine rings is 1. The first-order valence-corrected chi connectivity index (χ1v) is 10.6. The molecule has 2 aromatic heterocycles. The van der Waals surface area contributed by atoms with Crippen LogP contribution in [0.4, 0.5) is 11.6 Å². The number of nitrogens with one attached hydrogen (secondary N) is 1. The number of hydrogen-bond donors (Lipinski definition) is 1. The average molecular weight is 402 g/mol. The lowest BCUT2D eigenvalue weighted by Gasteiger charge is -2.24. The number of fused-ring (bicyclic) bond motifs is 1.